The summed E-state index contributed by atoms with van der Waals surface area (Å²) in [5.41, 5.74) is 6.42. The molecule has 0 spiro atoms. The monoisotopic (exact) mass is 556 g/mol. The number of hydrogen-bond donors (Lipinski definition) is 2. The predicted octanol–water partition coefficient (Wildman–Crippen LogP) is 9.65. The molecule has 0 radical (unpaired) electrons. The molecular weight excluding hydrogens is 520 g/mol. The Morgan fingerprint density at radius 2 is 1.14 bits per heavy atom. The van der Waals surface area contributed by atoms with E-state index in [0.717, 1.165) is 11.1 Å². The molecule has 0 aromatic heterocycles. The fourth-order valence-corrected chi connectivity index (χ4v) is 4.09. The van der Waals surface area contributed by atoms with Crippen molar-refractivity contribution in [2.75, 3.05) is 10.6 Å². The van der Waals surface area contributed by atoms with Gasteiger partial charge in [0.25, 0.3) is 0 Å². The molecule has 0 fully saturated rings. The molecule has 0 unspecified atom stereocenters. The van der Waals surface area contributed by atoms with Crippen LogP contribution >= 0.6 is 0 Å². The predicted molar refractivity (Wildman–Crippen MR) is 173 cm³/mol. The SMILES string of the molecule is CC(C)c1ccc(/C=C/C(=O)Nc2ccc(N=Nc3ccccc3)c(NC(=O)/C=C/c3ccc(C(C)C)cc3)c2)cc1. The van der Waals surface area contributed by atoms with Crippen LogP contribution in [0.5, 0.6) is 0 Å². The number of rotatable bonds is 10. The summed E-state index contributed by atoms with van der Waals surface area (Å²) in [5.74, 6) is 0.271. The van der Waals surface area contributed by atoms with Crippen molar-refractivity contribution >= 4 is 46.7 Å². The largest absolute Gasteiger partial charge is 0.322 e. The molecule has 6 nitrogen and oxygen atoms in total. The van der Waals surface area contributed by atoms with E-state index >= 15 is 0 Å². The van der Waals surface area contributed by atoms with E-state index in [4.69, 9.17) is 0 Å². The first kappa shape index (κ1) is 29.9. The number of carbonyl (C=O) groups excluding carboxylic acids is 2. The second-order valence-corrected chi connectivity index (χ2v) is 10.6. The van der Waals surface area contributed by atoms with E-state index in [1.165, 1.54) is 23.3 Å². The van der Waals surface area contributed by atoms with Crippen LogP contribution in [0.15, 0.2) is 119 Å². The van der Waals surface area contributed by atoms with Gasteiger partial charge >= 0.3 is 0 Å². The Morgan fingerprint density at radius 3 is 1.67 bits per heavy atom. The first-order valence-electron chi connectivity index (χ1n) is 14.1. The number of amides is 2. The molecule has 0 aliphatic heterocycles. The molecule has 4 rings (SSSR count). The Kier molecular flexibility index (Phi) is 10.3. The molecule has 2 amide bonds. The fraction of sp³-hybridized carbons (Fsp3) is 0.167. The van der Waals surface area contributed by atoms with Crippen LogP contribution < -0.4 is 10.6 Å². The van der Waals surface area contributed by atoms with Gasteiger partial charge in [-0.15, -0.1) is 5.11 Å². The minimum absolute atomic E-state index is 0.288. The topological polar surface area (TPSA) is 82.9 Å². The minimum Gasteiger partial charge on any atom is -0.322 e. The lowest BCUT2D eigenvalue weighted by atomic mass is 10.0. The number of hydrogen-bond acceptors (Lipinski definition) is 4. The zero-order chi connectivity index (χ0) is 29.9. The Bertz CT molecular complexity index is 1580. The van der Waals surface area contributed by atoms with Crippen molar-refractivity contribution in [2.45, 2.75) is 39.5 Å². The molecule has 0 saturated heterocycles. The molecule has 0 atom stereocenters. The standard InChI is InChI=1S/C36H36N4O2/c1-25(2)29-16-10-27(11-17-29)14-22-35(41)37-32-20-21-33(40-39-31-8-6-5-7-9-31)34(24-32)38-36(42)23-15-28-12-18-30(19-13-28)26(3)4/h5-26H,1-4H3,(H,37,41)(H,38,42)/b22-14+,23-15+,40-39?. The summed E-state index contributed by atoms with van der Waals surface area (Å²) in [5, 5.41) is 14.4. The van der Waals surface area contributed by atoms with E-state index in [9.17, 15) is 9.59 Å². The molecule has 0 bridgehead atoms. The van der Waals surface area contributed by atoms with Gasteiger partial charge in [-0.25, -0.2) is 0 Å². The molecule has 0 aliphatic rings. The van der Waals surface area contributed by atoms with Crippen molar-refractivity contribution in [1.82, 2.24) is 0 Å². The van der Waals surface area contributed by atoms with Gasteiger partial charge in [-0.05, 0) is 76.6 Å². The highest BCUT2D eigenvalue weighted by Crippen LogP contribution is 2.30. The highest BCUT2D eigenvalue weighted by molar-refractivity contribution is 6.05. The van der Waals surface area contributed by atoms with Gasteiger partial charge in [0.05, 0.1) is 11.4 Å². The number of azo groups is 1. The Hall–Kier alpha value is -5.10. The molecule has 0 saturated carbocycles. The lowest BCUT2D eigenvalue weighted by Gasteiger charge is -2.10. The molecule has 6 heteroatoms. The van der Waals surface area contributed by atoms with E-state index in [1.807, 2.05) is 54.6 Å². The van der Waals surface area contributed by atoms with Gasteiger partial charge in [-0.3, -0.25) is 9.59 Å². The van der Waals surface area contributed by atoms with Gasteiger partial charge in [0, 0.05) is 17.8 Å². The van der Waals surface area contributed by atoms with E-state index in [0.29, 0.717) is 34.6 Å². The van der Waals surface area contributed by atoms with Crippen molar-refractivity contribution in [3.05, 3.63) is 131 Å². The van der Waals surface area contributed by atoms with Crippen molar-refractivity contribution in [3.63, 3.8) is 0 Å². The normalized spacial score (nSPS) is 11.7. The maximum Gasteiger partial charge on any atom is 0.248 e. The molecule has 42 heavy (non-hydrogen) atoms. The van der Waals surface area contributed by atoms with Crippen molar-refractivity contribution < 1.29 is 9.59 Å². The summed E-state index contributed by atoms with van der Waals surface area (Å²) in [6.45, 7) is 8.57. The molecule has 212 valence electrons. The highest BCUT2D eigenvalue weighted by atomic mass is 16.2. The zero-order valence-corrected chi connectivity index (χ0v) is 24.4. The van der Waals surface area contributed by atoms with E-state index < -0.39 is 0 Å². The van der Waals surface area contributed by atoms with Gasteiger partial charge in [-0.2, -0.15) is 5.11 Å². The third kappa shape index (κ3) is 8.96. The number of carbonyl (C=O) groups is 2. The van der Waals surface area contributed by atoms with Crippen molar-refractivity contribution in [2.24, 2.45) is 10.2 Å². The number of benzene rings is 4. The third-order valence-corrected chi connectivity index (χ3v) is 6.61. The quantitative estimate of drug-likeness (QED) is 0.151. The average Bonchev–Trinajstić information content (AvgIpc) is 2.99. The molecule has 2 N–H and O–H groups in total. The van der Waals surface area contributed by atoms with Crippen LogP contribution in [0.3, 0.4) is 0 Å². The summed E-state index contributed by atoms with van der Waals surface area (Å²) in [6.07, 6.45) is 6.48. The lowest BCUT2D eigenvalue weighted by Crippen LogP contribution is -2.10. The van der Waals surface area contributed by atoms with Gasteiger partial charge in [0.2, 0.25) is 11.8 Å². The van der Waals surface area contributed by atoms with Gasteiger partial charge < -0.3 is 10.6 Å². The van der Waals surface area contributed by atoms with Crippen LogP contribution in [-0.4, -0.2) is 11.8 Å². The van der Waals surface area contributed by atoms with E-state index in [-0.39, 0.29) is 11.8 Å². The Labute approximate surface area is 247 Å². The van der Waals surface area contributed by atoms with E-state index in [2.05, 4.69) is 72.8 Å². The van der Waals surface area contributed by atoms with Crippen LogP contribution in [0.4, 0.5) is 22.7 Å². The van der Waals surface area contributed by atoms with Crippen molar-refractivity contribution in [1.29, 1.82) is 0 Å². The number of anilines is 2. The van der Waals surface area contributed by atoms with Gasteiger partial charge in [-0.1, -0.05) is 94.4 Å². The lowest BCUT2D eigenvalue weighted by molar-refractivity contribution is -0.112. The highest BCUT2D eigenvalue weighted by Gasteiger charge is 2.09. The van der Waals surface area contributed by atoms with Crippen LogP contribution in [0.2, 0.25) is 0 Å². The van der Waals surface area contributed by atoms with Gasteiger partial charge in [0.1, 0.15) is 5.69 Å². The van der Waals surface area contributed by atoms with Crippen LogP contribution in [0, 0.1) is 0 Å². The molecule has 4 aromatic carbocycles. The molecule has 4 aromatic rings. The second kappa shape index (κ2) is 14.5. The molecule has 0 heterocycles. The fourth-order valence-electron chi connectivity index (χ4n) is 4.09. The first-order valence-corrected chi connectivity index (χ1v) is 14.1. The summed E-state index contributed by atoms with van der Waals surface area (Å²) >= 11 is 0. The second-order valence-electron chi connectivity index (χ2n) is 10.6. The van der Waals surface area contributed by atoms with E-state index in [1.54, 1.807) is 30.4 Å². The van der Waals surface area contributed by atoms with Crippen LogP contribution in [-0.2, 0) is 9.59 Å². The summed E-state index contributed by atoms with van der Waals surface area (Å²) in [7, 11) is 0. The van der Waals surface area contributed by atoms with Crippen molar-refractivity contribution in [3.8, 4) is 0 Å². The summed E-state index contributed by atoms with van der Waals surface area (Å²) in [4.78, 5) is 25.6. The zero-order valence-electron chi connectivity index (χ0n) is 24.4. The number of nitrogens with zero attached hydrogens (tertiary/aromatic N) is 2. The number of nitrogens with one attached hydrogen (secondary N) is 2. The third-order valence-electron chi connectivity index (χ3n) is 6.61. The summed E-state index contributed by atoms with van der Waals surface area (Å²) in [6, 6.07) is 30.6. The summed E-state index contributed by atoms with van der Waals surface area (Å²) < 4.78 is 0. The molecule has 0 aliphatic carbocycles. The maximum absolute atomic E-state index is 12.9. The van der Waals surface area contributed by atoms with Gasteiger partial charge in [0.15, 0.2) is 0 Å². The Morgan fingerprint density at radius 1 is 0.619 bits per heavy atom. The Balaban J connectivity index is 1.50. The first-order chi connectivity index (χ1) is 20.3. The minimum atomic E-state index is -0.327. The van der Waals surface area contributed by atoms with Crippen LogP contribution in [0.25, 0.3) is 12.2 Å². The van der Waals surface area contributed by atoms with Crippen LogP contribution in [0.1, 0.15) is 61.8 Å². The molecular formula is C36H36N4O2. The average molecular weight is 557 g/mol. The smallest absolute Gasteiger partial charge is 0.248 e. The maximum atomic E-state index is 12.9.